The van der Waals surface area contributed by atoms with Gasteiger partial charge in [-0.3, -0.25) is 4.31 Å². The van der Waals surface area contributed by atoms with Crippen molar-refractivity contribution in [2.75, 3.05) is 11.4 Å². The fourth-order valence-electron chi connectivity index (χ4n) is 2.89. The molecule has 7 heteroatoms. The predicted molar refractivity (Wildman–Crippen MR) is 101 cm³/mol. The summed E-state index contributed by atoms with van der Waals surface area (Å²) in [5.41, 5.74) is 0.523. The molecule has 134 valence electrons. The number of sulfonamides is 1. The van der Waals surface area contributed by atoms with Crippen LogP contribution in [0, 0.1) is 0 Å². The van der Waals surface area contributed by atoms with E-state index in [1.807, 2.05) is 0 Å². The van der Waals surface area contributed by atoms with Gasteiger partial charge in [0.1, 0.15) is 10.6 Å². The Morgan fingerprint density at radius 3 is 2.32 bits per heavy atom. The predicted octanol–water partition coefficient (Wildman–Crippen LogP) is 5.14. The largest absolute Gasteiger partial charge is 0.490 e. The van der Waals surface area contributed by atoms with Crippen molar-refractivity contribution in [3.8, 4) is 5.75 Å². The molecule has 4 nitrogen and oxygen atoms in total. The summed E-state index contributed by atoms with van der Waals surface area (Å²) < 4.78 is 32.7. The van der Waals surface area contributed by atoms with E-state index in [1.165, 1.54) is 36.3 Å². The van der Waals surface area contributed by atoms with Gasteiger partial charge >= 0.3 is 0 Å². The molecule has 0 unspecified atom stereocenters. The Bertz CT molecular complexity index is 847. The second-order valence-electron chi connectivity index (χ2n) is 6.07. The molecule has 0 aromatic heterocycles. The van der Waals surface area contributed by atoms with Crippen molar-refractivity contribution in [3.05, 3.63) is 52.5 Å². The summed E-state index contributed by atoms with van der Waals surface area (Å²) in [4.78, 5) is -0.0181. The number of hydrogen-bond donors (Lipinski definition) is 0. The van der Waals surface area contributed by atoms with Gasteiger partial charge in [0.05, 0.1) is 16.8 Å². The lowest BCUT2D eigenvalue weighted by Gasteiger charge is -2.21. The van der Waals surface area contributed by atoms with Gasteiger partial charge in [-0.15, -0.1) is 0 Å². The highest BCUT2D eigenvalue weighted by molar-refractivity contribution is 7.93. The SMILES string of the molecule is CN(c1ccc(OC2CCCC2)cc1)S(=O)(=O)c1cc(Cl)ccc1Cl. The average molecular weight is 400 g/mol. The highest BCUT2D eigenvalue weighted by Crippen LogP contribution is 2.31. The summed E-state index contributed by atoms with van der Waals surface area (Å²) in [6.07, 6.45) is 4.80. The van der Waals surface area contributed by atoms with Crippen LogP contribution >= 0.6 is 23.2 Å². The normalized spacial score (nSPS) is 15.3. The summed E-state index contributed by atoms with van der Waals surface area (Å²) >= 11 is 12.0. The monoisotopic (exact) mass is 399 g/mol. The fraction of sp³-hybridized carbons (Fsp3) is 0.333. The molecule has 0 spiro atoms. The first-order valence-electron chi connectivity index (χ1n) is 8.08. The molecule has 3 rings (SSSR count). The summed E-state index contributed by atoms with van der Waals surface area (Å²) in [7, 11) is -2.32. The van der Waals surface area contributed by atoms with Gasteiger partial charge in [-0.25, -0.2) is 8.42 Å². The lowest BCUT2D eigenvalue weighted by atomic mass is 10.3. The Labute approximate surface area is 158 Å². The zero-order valence-electron chi connectivity index (χ0n) is 13.8. The minimum absolute atomic E-state index is 0.0181. The van der Waals surface area contributed by atoms with E-state index in [-0.39, 0.29) is 16.0 Å². The van der Waals surface area contributed by atoms with Crippen molar-refractivity contribution in [3.63, 3.8) is 0 Å². The van der Waals surface area contributed by atoms with Crippen molar-refractivity contribution in [1.82, 2.24) is 0 Å². The maximum Gasteiger partial charge on any atom is 0.265 e. The molecule has 0 radical (unpaired) electrons. The topological polar surface area (TPSA) is 46.6 Å². The Kier molecular flexibility index (Phi) is 5.46. The third kappa shape index (κ3) is 4.05. The maximum atomic E-state index is 12.8. The van der Waals surface area contributed by atoms with Gasteiger partial charge in [0, 0.05) is 12.1 Å². The Morgan fingerprint density at radius 1 is 1.04 bits per heavy atom. The summed E-state index contributed by atoms with van der Waals surface area (Å²) in [5, 5.41) is 0.453. The van der Waals surface area contributed by atoms with Crippen LogP contribution in [0.4, 0.5) is 5.69 Å². The van der Waals surface area contributed by atoms with E-state index < -0.39 is 10.0 Å². The molecule has 0 bridgehead atoms. The molecule has 1 aliphatic rings. The first kappa shape index (κ1) is 18.4. The average Bonchev–Trinajstić information content (AvgIpc) is 3.10. The smallest absolute Gasteiger partial charge is 0.265 e. The van der Waals surface area contributed by atoms with Crippen LogP contribution in [-0.4, -0.2) is 21.6 Å². The number of hydrogen-bond acceptors (Lipinski definition) is 3. The summed E-state index contributed by atoms with van der Waals surface area (Å²) in [6.45, 7) is 0. The zero-order valence-corrected chi connectivity index (χ0v) is 16.1. The van der Waals surface area contributed by atoms with Crippen molar-refractivity contribution in [2.45, 2.75) is 36.7 Å². The minimum Gasteiger partial charge on any atom is -0.490 e. The lowest BCUT2D eigenvalue weighted by molar-refractivity contribution is 0.210. The van der Waals surface area contributed by atoms with Crippen molar-refractivity contribution < 1.29 is 13.2 Å². The Balaban J connectivity index is 1.81. The number of rotatable bonds is 5. The van der Waals surface area contributed by atoms with Crippen LogP contribution in [0.3, 0.4) is 0 Å². The van der Waals surface area contributed by atoms with Gasteiger partial charge in [0.15, 0.2) is 0 Å². The van der Waals surface area contributed by atoms with Gasteiger partial charge in [0.25, 0.3) is 10.0 Å². The van der Waals surface area contributed by atoms with Crippen LogP contribution in [-0.2, 0) is 10.0 Å². The van der Waals surface area contributed by atoms with Gasteiger partial charge in [-0.1, -0.05) is 23.2 Å². The van der Waals surface area contributed by atoms with Crippen LogP contribution in [0.2, 0.25) is 10.0 Å². The minimum atomic E-state index is -3.80. The Hall–Kier alpha value is -1.43. The van der Waals surface area contributed by atoms with Gasteiger partial charge in [0.2, 0.25) is 0 Å². The molecule has 0 amide bonds. The molecule has 0 N–H and O–H groups in total. The van der Waals surface area contributed by atoms with E-state index in [0.717, 1.165) is 18.6 Å². The second-order valence-corrected chi connectivity index (χ2v) is 8.85. The number of ether oxygens (including phenoxy) is 1. The van der Waals surface area contributed by atoms with Gasteiger partial charge < -0.3 is 4.74 Å². The lowest BCUT2D eigenvalue weighted by Crippen LogP contribution is -2.26. The molecule has 1 fully saturated rings. The second kappa shape index (κ2) is 7.44. The highest BCUT2D eigenvalue weighted by Gasteiger charge is 2.24. The van der Waals surface area contributed by atoms with Gasteiger partial charge in [-0.2, -0.15) is 0 Å². The molecule has 0 saturated heterocycles. The van der Waals surface area contributed by atoms with E-state index in [0.29, 0.717) is 10.7 Å². The zero-order chi connectivity index (χ0) is 18.0. The van der Waals surface area contributed by atoms with Crippen LogP contribution in [0.5, 0.6) is 5.75 Å². The third-order valence-corrected chi connectivity index (χ3v) is 6.84. The van der Waals surface area contributed by atoms with Gasteiger partial charge in [-0.05, 0) is 68.1 Å². The number of halogens is 2. The van der Waals surface area contributed by atoms with E-state index in [1.54, 1.807) is 30.3 Å². The van der Waals surface area contributed by atoms with Crippen molar-refractivity contribution >= 4 is 38.9 Å². The maximum absolute atomic E-state index is 12.8. The molecule has 0 heterocycles. The molecule has 0 atom stereocenters. The molecule has 25 heavy (non-hydrogen) atoms. The molecule has 0 aliphatic heterocycles. The third-order valence-electron chi connectivity index (χ3n) is 4.34. The highest BCUT2D eigenvalue weighted by atomic mass is 35.5. The van der Waals surface area contributed by atoms with E-state index in [4.69, 9.17) is 27.9 Å². The van der Waals surface area contributed by atoms with Crippen LogP contribution in [0.1, 0.15) is 25.7 Å². The van der Waals surface area contributed by atoms with E-state index >= 15 is 0 Å². The van der Waals surface area contributed by atoms with Crippen LogP contribution < -0.4 is 9.04 Å². The quantitative estimate of drug-likeness (QED) is 0.698. The molecule has 1 aliphatic carbocycles. The fourth-order valence-corrected chi connectivity index (χ4v) is 4.83. The van der Waals surface area contributed by atoms with Crippen LogP contribution in [0.25, 0.3) is 0 Å². The first-order chi connectivity index (χ1) is 11.9. The molecular weight excluding hydrogens is 381 g/mol. The molecule has 1 saturated carbocycles. The van der Waals surface area contributed by atoms with E-state index in [2.05, 4.69) is 0 Å². The van der Waals surface area contributed by atoms with E-state index in [9.17, 15) is 8.42 Å². The van der Waals surface area contributed by atoms with Crippen LogP contribution in [0.15, 0.2) is 47.4 Å². The molecule has 2 aromatic rings. The Morgan fingerprint density at radius 2 is 1.68 bits per heavy atom. The first-order valence-corrected chi connectivity index (χ1v) is 10.3. The number of nitrogens with zero attached hydrogens (tertiary/aromatic N) is 1. The standard InChI is InChI=1S/C18H19Cl2NO3S/c1-21(25(22,23)18-12-13(19)6-11-17(18)20)14-7-9-16(10-8-14)24-15-4-2-3-5-15/h6-12,15H,2-5H2,1H3. The number of benzene rings is 2. The summed E-state index contributed by atoms with van der Waals surface area (Å²) in [6, 6.07) is 11.4. The molecule has 2 aromatic carbocycles. The summed E-state index contributed by atoms with van der Waals surface area (Å²) in [5.74, 6) is 0.752. The van der Waals surface area contributed by atoms with Crippen molar-refractivity contribution in [1.29, 1.82) is 0 Å². The van der Waals surface area contributed by atoms with Crippen molar-refractivity contribution in [2.24, 2.45) is 0 Å². The molecular formula is C18H19Cl2NO3S. The number of anilines is 1.